The Labute approximate surface area is 85.6 Å². The van der Waals surface area contributed by atoms with Gasteiger partial charge < -0.3 is 10.4 Å². The van der Waals surface area contributed by atoms with Gasteiger partial charge in [-0.05, 0) is 39.3 Å². The summed E-state index contributed by atoms with van der Waals surface area (Å²) < 4.78 is 0. The highest BCUT2D eigenvalue weighted by atomic mass is 14.7. The fraction of sp³-hybridized carbons (Fsp3) is 0.417. The Morgan fingerprint density at radius 2 is 2.14 bits per heavy atom. The third kappa shape index (κ3) is 2.13. The molecule has 0 radical (unpaired) electrons. The second kappa shape index (κ2) is 3.82. The quantitative estimate of drug-likeness (QED) is 0.543. The van der Waals surface area contributed by atoms with Gasteiger partial charge in [0.25, 0.3) is 0 Å². The maximum absolute atomic E-state index is 7.51. The molecule has 2 nitrogen and oxygen atoms in total. The van der Waals surface area contributed by atoms with Crippen molar-refractivity contribution in [2.75, 3.05) is 0 Å². The van der Waals surface area contributed by atoms with Gasteiger partial charge >= 0.3 is 0 Å². The van der Waals surface area contributed by atoms with E-state index in [2.05, 4.69) is 31.0 Å². The molecule has 0 bridgehead atoms. The third-order valence-corrected chi connectivity index (χ3v) is 2.30. The summed E-state index contributed by atoms with van der Waals surface area (Å²) in [7, 11) is 0. The SMILES string of the molecule is CC(C)=C[C@@](C)(C=N)c1cc(C)c[nH]1. The molecule has 2 N–H and O–H groups in total. The molecule has 14 heavy (non-hydrogen) atoms. The molecule has 0 aliphatic carbocycles. The van der Waals surface area contributed by atoms with E-state index in [1.807, 2.05) is 20.0 Å². The molecule has 0 amide bonds. The number of nitrogens with one attached hydrogen (secondary N) is 2. The van der Waals surface area contributed by atoms with Gasteiger partial charge in [0.2, 0.25) is 0 Å². The van der Waals surface area contributed by atoms with Gasteiger partial charge in [0, 0.05) is 18.1 Å². The molecule has 0 spiro atoms. The fourth-order valence-electron chi connectivity index (χ4n) is 1.61. The van der Waals surface area contributed by atoms with Gasteiger partial charge in [-0.25, -0.2) is 0 Å². The van der Waals surface area contributed by atoms with Crippen molar-refractivity contribution in [3.8, 4) is 0 Å². The van der Waals surface area contributed by atoms with E-state index in [1.54, 1.807) is 0 Å². The summed E-state index contributed by atoms with van der Waals surface area (Å²) in [6.07, 6.45) is 5.55. The molecule has 1 atom stereocenters. The highest BCUT2D eigenvalue weighted by Gasteiger charge is 2.22. The van der Waals surface area contributed by atoms with Gasteiger partial charge in [0.1, 0.15) is 0 Å². The van der Waals surface area contributed by atoms with Crippen LogP contribution in [0.25, 0.3) is 0 Å². The summed E-state index contributed by atoms with van der Waals surface area (Å²) in [5.41, 5.74) is 3.21. The topological polar surface area (TPSA) is 39.6 Å². The second-order valence-corrected chi connectivity index (χ2v) is 4.24. The minimum atomic E-state index is -0.299. The van der Waals surface area contributed by atoms with Gasteiger partial charge in [0.15, 0.2) is 0 Å². The van der Waals surface area contributed by atoms with Crippen molar-refractivity contribution in [2.45, 2.75) is 33.1 Å². The van der Waals surface area contributed by atoms with Crippen LogP contribution in [0.2, 0.25) is 0 Å². The predicted molar refractivity (Wildman–Crippen MR) is 61.1 cm³/mol. The molecule has 0 fully saturated rings. The van der Waals surface area contributed by atoms with E-state index in [1.165, 1.54) is 17.4 Å². The minimum absolute atomic E-state index is 0.299. The Bertz CT molecular complexity index is 356. The van der Waals surface area contributed by atoms with Crippen LogP contribution in [-0.2, 0) is 5.41 Å². The largest absolute Gasteiger partial charge is 0.364 e. The number of hydrogen-bond acceptors (Lipinski definition) is 1. The monoisotopic (exact) mass is 190 g/mol. The number of aromatic nitrogens is 1. The molecule has 1 heterocycles. The zero-order chi connectivity index (χ0) is 10.8. The van der Waals surface area contributed by atoms with Crippen molar-refractivity contribution in [3.05, 3.63) is 35.2 Å². The molecule has 1 aromatic heterocycles. The first-order valence-electron chi connectivity index (χ1n) is 4.81. The highest BCUT2D eigenvalue weighted by molar-refractivity contribution is 5.73. The number of rotatable bonds is 3. The van der Waals surface area contributed by atoms with Crippen LogP contribution in [0.4, 0.5) is 0 Å². The van der Waals surface area contributed by atoms with Crippen molar-refractivity contribution in [1.29, 1.82) is 5.41 Å². The van der Waals surface area contributed by atoms with Crippen LogP contribution in [0.3, 0.4) is 0 Å². The molecule has 76 valence electrons. The zero-order valence-corrected chi connectivity index (χ0v) is 9.31. The van der Waals surface area contributed by atoms with E-state index < -0.39 is 0 Å². The van der Waals surface area contributed by atoms with Crippen LogP contribution in [-0.4, -0.2) is 11.2 Å². The number of hydrogen-bond donors (Lipinski definition) is 2. The Hall–Kier alpha value is -1.31. The molecule has 0 aliphatic rings. The standard InChI is InChI=1S/C12H18N2/c1-9(2)6-12(4,8-13)11-5-10(3)7-14-11/h5-8,13-14H,1-4H3/t12-/m0/s1. The number of H-pyrrole nitrogens is 1. The van der Waals surface area contributed by atoms with E-state index in [4.69, 9.17) is 5.41 Å². The first-order chi connectivity index (χ1) is 6.48. The lowest BCUT2D eigenvalue weighted by molar-refractivity contribution is 0.783. The molecule has 0 saturated heterocycles. The number of allylic oxidation sites excluding steroid dienone is 2. The predicted octanol–water partition coefficient (Wildman–Crippen LogP) is 3.20. The Morgan fingerprint density at radius 1 is 1.50 bits per heavy atom. The van der Waals surface area contributed by atoms with E-state index in [-0.39, 0.29) is 5.41 Å². The van der Waals surface area contributed by atoms with Crippen molar-refractivity contribution < 1.29 is 0 Å². The summed E-state index contributed by atoms with van der Waals surface area (Å²) >= 11 is 0. The Kier molecular flexibility index (Phi) is 2.94. The van der Waals surface area contributed by atoms with Crippen molar-refractivity contribution in [3.63, 3.8) is 0 Å². The van der Waals surface area contributed by atoms with Gasteiger partial charge in [-0.2, -0.15) is 0 Å². The third-order valence-electron chi connectivity index (χ3n) is 2.30. The molecule has 1 aromatic rings. The van der Waals surface area contributed by atoms with Crippen molar-refractivity contribution >= 4 is 6.21 Å². The molecular weight excluding hydrogens is 172 g/mol. The molecule has 0 aromatic carbocycles. The number of aromatic amines is 1. The van der Waals surface area contributed by atoms with Crippen molar-refractivity contribution in [1.82, 2.24) is 4.98 Å². The van der Waals surface area contributed by atoms with E-state index in [0.717, 1.165) is 5.69 Å². The lowest BCUT2D eigenvalue weighted by atomic mass is 9.86. The molecule has 2 heteroatoms. The second-order valence-electron chi connectivity index (χ2n) is 4.24. The van der Waals surface area contributed by atoms with Crippen LogP contribution in [0, 0.1) is 12.3 Å². The van der Waals surface area contributed by atoms with Crippen LogP contribution in [0.1, 0.15) is 32.0 Å². The van der Waals surface area contributed by atoms with Gasteiger partial charge in [-0.3, -0.25) is 0 Å². The first kappa shape index (κ1) is 10.8. The average molecular weight is 190 g/mol. The molecule has 0 saturated carbocycles. The molecule has 0 unspecified atom stereocenters. The molecule has 1 rings (SSSR count). The zero-order valence-electron chi connectivity index (χ0n) is 9.31. The Morgan fingerprint density at radius 3 is 2.50 bits per heavy atom. The number of aryl methyl sites for hydroxylation is 1. The van der Waals surface area contributed by atoms with Crippen LogP contribution >= 0.6 is 0 Å². The van der Waals surface area contributed by atoms with E-state index in [0.29, 0.717) is 0 Å². The van der Waals surface area contributed by atoms with Gasteiger partial charge in [-0.1, -0.05) is 11.6 Å². The first-order valence-corrected chi connectivity index (χ1v) is 4.81. The summed E-state index contributed by atoms with van der Waals surface area (Å²) in [5.74, 6) is 0. The maximum Gasteiger partial charge on any atom is 0.0602 e. The normalized spacial score (nSPS) is 14.6. The lowest BCUT2D eigenvalue weighted by Crippen LogP contribution is -2.21. The fourth-order valence-corrected chi connectivity index (χ4v) is 1.61. The smallest absolute Gasteiger partial charge is 0.0602 e. The summed E-state index contributed by atoms with van der Waals surface area (Å²) in [4.78, 5) is 3.21. The molecular formula is C12H18N2. The highest BCUT2D eigenvalue weighted by Crippen LogP contribution is 2.24. The van der Waals surface area contributed by atoms with Gasteiger partial charge in [-0.15, -0.1) is 0 Å². The average Bonchev–Trinajstić information content (AvgIpc) is 2.51. The van der Waals surface area contributed by atoms with Gasteiger partial charge in [0.05, 0.1) is 5.41 Å². The van der Waals surface area contributed by atoms with E-state index in [9.17, 15) is 0 Å². The molecule has 0 aliphatic heterocycles. The van der Waals surface area contributed by atoms with Crippen LogP contribution in [0.15, 0.2) is 23.9 Å². The Balaban J connectivity index is 3.14. The summed E-state index contributed by atoms with van der Waals surface area (Å²) in [5, 5.41) is 7.51. The van der Waals surface area contributed by atoms with E-state index >= 15 is 0 Å². The lowest BCUT2D eigenvalue weighted by Gasteiger charge is -2.19. The maximum atomic E-state index is 7.51. The minimum Gasteiger partial charge on any atom is -0.364 e. The van der Waals surface area contributed by atoms with Crippen LogP contribution in [0.5, 0.6) is 0 Å². The van der Waals surface area contributed by atoms with Crippen molar-refractivity contribution in [2.24, 2.45) is 0 Å². The summed E-state index contributed by atoms with van der Waals surface area (Å²) in [6, 6.07) is 2.09. The summed E-state index contributed by atoms with van der Waals surface area (Å²) in [6.45, 7) is 8.19. The van der Waals surface area contributed by atoms with Crippen LogP contribution < -0.4 is 0 Å².